The average Bonchev–Trinajstić information content (AvgIpc) is 3.22. The number of alkyl halides is 6. The average molecular weight is 486 g/mol. The molecule has 0 aliphatic rings. The summed E-state index contributed by atoms with van der Waals surface area (Å²) in [5.41, 5.74) is 0.665. The number of rotatable bonds is 8. The summed E-state index contributed by atoms with van der Waals surface area (Å²) in [6.45, 7) is 0. The first-order valence-electron chi connectivity index (χ1n) is 10.3. The van der Waals surface area contributed by atoms with E-state index in [1.165, 1.54) is 29.7 Å². The Kier molecular flexibility index (Phi) is 7.65. The zero-order valence-electron chi connectivity index (χ0n) is 17.6. The smallest absolute Gasteiger partial charge is 0.416 e. The first-order chi connectivity index (χ1) is 16.0. The van der Waals surface area contributed by atoms with E-state index in [4.69, 9.17) is 9.62 Å². The van der Waals surface area contributed by atoms with Crippen molar-refractivity contribution < 1.29 is 40.8 Å². The highest BCUT2D eigenvalue weighted by atomic mass is 19.4. The summed E-state index contributed by atoms with van der Waals surface area (Å²) < 4.78 is 83.3. The molecule has 3 aromatic rings. The van der Waals surface area contributed by atoms with E-state index in [1.54, 1.807) is 0 Å². The van der Waals surface area contributed by atoms with Crippen molar-refractivity contribution in [1.29, 1.82) is 0 Å². The highest BCUT2D eigenvalue weighted by Crippen LogP contribution is 2.37. The van der Waals surface area contributed by atoms with Crippen molar-refractivity contribution in [3.63, 3.8) is 0 Å². The van der Waals surface area contributed by atoms with Crippen LogP contribution < -0.4 is 5.48 Å². The standard InChI is InChI=1S/C23H20F6N2O3/c24-22(25,26)16-10-6-14(7-11-16)20-21(15-8-12-17(13-9-15)23(27,28)29)34-19(30-20)5-3-1-2-4-18(32)31-33/h6-13,33H,1-5H2,(H,31,32). The Morgan fingerprint density at radius 2 is 1.35 bits per heavy atom. The maximum Gasteiger partial charge on any atom is 0.416 e. The fourth-order valence-corrected chi connectivity index (χ4v) is 3.28. The summed E-state index contributed by atoms with van der Waals surface area (Å²) in [7, 11) is 0. The molecule has 1 heterocycles. The number of hydrogen-bond donors (Lipinski definition) is 2. The minimum absolute atomic E-state index is 0.135. The summed E-state index contributed by atoms with van der Waals surface area (Å²) in [6.07, 6.45) is -6.88. The van der Waals surface area contributed by atoms with E-state index in [0.29, 0.717) is 36.8 Å². The zero-order chi connectivity index (χ0) is 24.9. The van der Waals surface area contributed by atoms with Crippen molar-refractivity contribution in [2.75, 3.05) is 0 Å². The maximum absolute atomic E-state index is 12.9. The molecular weight excluding hydrogens is 466 g/mol. The third-order valence-electron chi connectivity index (χ3n) is 5.05. The number of carbonyl (C=O) groups is 1. The summed E-state index contributed by atoms with van der Waals surface area (Å²) >= 11 is 0. The molecule has 0 aliphatic heterocycles. The van der Waals surface area contributed by atoms with Gasteiger partial charge in [0, 0.05) is 24.0 Å². The molecule has 0 saturated heterocycles. The van der Waals surface area contributed by atoms with Crippen molar-refractivity contribution in [3.8, 4) is 22.6 Å². The van der Waals surface area contributed by atoms with E-state index in [-0.39, 0.29) is 23.8 Å². The largest absolute Gasteiger partial charge is 0.440 e. The van der Waals surface area contributed by atoms with Gasteiger partial charge in [0.05, 0.1) is 11.1 Å². The molecule has 0 unspecified atom stereocenters. The van der Waals surface area contributed by atoms with Crippen LogP contribution in [-0.2, 0) is 23.6 Å². The van der Waals surface area contributed by atoms with Crippen molar-refractivity contribution in [2.24, 2.45) is 0 Å². The molecule has 0 spiro atoms. The quantitative estimate of drug-likeness (QED) is 0.162. The molecule has 2 aromatic carbocycles. The number of nitrogens with one attached hydrogen (secondary N) is 1. The Hall–Kier alpha value is -3.34. The fourth-order valence-electron chi connectivity index (χ4n) is 3.28. The molecule has 0 saturated carbocycles. The molecule has 34 heavy (non-hydrogen) atoms. The number of halogens is 6. The number of unbranched alkanes of at least 4 members (excludes halogenated alkanes) is 2. The predicted octanol–water partition coefficient (Wildman–Crippen LogP) is 6.65. The van der Waals surface area contributed by atoms with E-state index in [1.807, 2.05) is 0 Å². The lowest BCUT2D eigenvalue weighted by molar-refractivity contribution is -0.138. The van der Waals surface area contributed by atoms with Crippen LogP contribution in [0, 0.1) is 0 Å². The van der Waals surface area contributed by atoms with E-state index >= 15 is 0 Å². The first kappa shape index (κ1) is 25.3. The van der Waals surface area contributed by atoms with Crippen LogP contribution in [-0.4, -0.2) is 16.1 Å². The number of hydrogen-bond acceptors (Lipinski definition) is 4. The van der Waals surface area contributed by atoms with Crippen LogP contribution in [0.5, 0.6) is 0 Å². The third kappa shape index (κ3) is 6.37. The molecule has 2 N–H and O–H groups in total. The summed E-state index contributed by atoms with van der Waals surface area (Å²) in [5.74, 6) is -0.107. The van der Waals surface area contributed by atoms with Crippen LogP contribution in [0.1, 0.15) is 42.7 Å². The number of aryl methyl sites for hydroxylation is 1. The highest BCUT2D eigenvalue weighted by Gasteiger charge is 2.31. The first-order valence-corrected chi connectivity index (χ1v) is 10.3. The number of carbonyl (C=O) groups excluding carboxylic acids is 1. The van der Waals surface area contributed by atoms with Gasteiger partial charge in [0.15, 0.2) is 11.7 Å². The summed E-state index contributed by atoms with van der Waals surface area (Å²) in [5, 5.41) is 8.49. The lowest BCUT2D eigenvalue weighted by Crippen LogP contribution is -2.17. The summed E-state index contributed by atoms with van der Waals surface area (Å²) in [4.78, 5) is 15.4. The monoisotopic (exact) mass is 486 g/mol. The van der Waals surface area contributed by atoms with Gasteiger partial charge in [-0.3, -0.25) is 10.0 Å². The van der Waals surface area contributed by atoms with Crippen LogP contribution in [0.25, 0.3) is 22.6 Å². The second kappa shape index (κ2) is 10.3. The Morgan fingerprint density at radius 1 is 0.824 bits per heavy atom. The molecule has 0 bridgehead atoms. The normalized spacial score (nSPS) is 12.1. The molecule has 0 radical (unpaired) electrons. The molecule has 0 atom stereocenters. The zero-order valence-corrected chi connectivity index (χ0v) is 17.6. The second-order valence-electron chi connectivity index (χ2n) is 7.53. The van der Waals surface area contributed by atoms with Crippen LogP contribution in [0.3, 0.4) is 0 Å². The molecule has 3 rings (SSSR count). The van der Waals surface area contributed by atoms with Crippen LogP contribution in [0.15, 0.2) is 52.9 Å². The van der Waals surface area contributed by atoms with Gasteiger partial charge in [0.25, 0.3) is 0 Å². The van der Waals surface area contributed by atoms with Crippen LogP contribution >= 0.6 is 0 Å². The van der Waals surface area contributed by atoms with Gasteiger partial charge < -0.3 is 4.42 Å². The van der Waals surface area contributed by atoms with E-state index in [2.05, 4.69) is 4.98 Å². The number of hydroxylamine groups is 1. The van der Waals surface area contributed by atoms with Crippen molar-refractivity contribution in [1.82, 2.24) is 10.5 Å². The Labute approximate surface area is 190 Å². The lowest BCUT2D eigenvalue weighted by Gasteiger charge is -2.08. The van der Waals surface area contributed by atoms with Crippen LogP contribution in [0.4, 0.5) is 26.3 Å². The molecule has 0 aliphatic carbocycles. The van der Waals surface area contributed by atoms with Gasteiger partial charge >= 0.3 is 12.4 Å². The van der Waals surface area contributed by atoms with E-state index in [9.17, 15) is 31.1 Å². The van der Waals surface area contributed by atoms with Gasteiger partial charge in [-0.05, 0) is 37.1 Å². The van der Waals surface area contributed by atoms with Crippen molar-refractivity contribution in [3.05, 3.63) is 65.5 Å². The number of benzene rings is 2. The van der Waals surface area contributed by atoms with Gasteiger partial charge in [0.2, 0.25) is 5.91 Å². The molecule has 1 amide bonds. The van der Waals surface area contributed by atoms with Crippen molar-refractivity contribution >= 4 is 5.91 Å². The molecule has 1 aromatic heterocycles. The maximum atomic E-state index is 12.9. The lowest BCUT2D eigenvalue weighted by atomic mass is 10.0. The minimum atomic E-state index is -4.52. The number of aromatic nitrogens is 1. The van der Waals surface area contributed by atoms with Gasteiger partial charge in [-0.1, -0.05) is 30.7 Å². The SMILES string of the molecule is O=C(CCCCCc1nc(-c2ccc(C(F)(F)F)cc2)c(-c2ccc(C(F)(F)F)cc2)o1)NO. The topological polar surface area (TPSA) is 75.4 Å². The highest BCUT2D eigenvalue weighted by molar-refractivity contribution is 5.77. The van der Waals surface area contributed by atoms with E-state index in [0.717, 1.165) is 24.3 Å². The van der Waals surface area contributed by atoms with Crippen LogP contribution in [0.2, 0.25) is 0 Å². The Balaban J connectivity index is 1.87. The minimum Gasteiger partial charge on any atom is -0.440 e. The van der Waals surface area contributed by atoms with Gasteiger partial charge in [-0.2, -0.15) is 26.3 Å². The Morgan fingerprint density at radius 3 is 1.85 bits per heavy atom. The fraction of sp³-hybridized carbons (Fsp3) is 0.304. The molecular formula is C23H20F6N2O3. The Bertz CT molecular complexity index is 1030. The predicted molar refractivity (Wildman–Crippen MR) is 109 cm³/mol. The molecule has 11 heteroatoms. The number of oxazole rings is 1. The van der Waals surface area contributed by atoms with Gasteiger partial charge in [-0.15, -0.1) is 0 Å². The van der Waals surface area contributed by atoms with E-state index < -0.39 is 29.4 Å². The molecule has 5 nitrogen and oxygen atoms in total. The number of nitrogens with zero attached hydrogens (tertiary/aromatic N) is 1. The number of amides is 1. The van der Waals surface area contributed by atoms with Gasteiger partial charge in [0.1, 0.15) is 5.69 Å². The van der Waals surface area contributed by atoms with Gasteiger partial charge in [-0.25, -0.2) is 10.5 Å². The molecule has 182 valence electrons. The third-order valence-corrected chi connectivity index (χ3v) is 5.05. The summed E-state index contributed by atoms with van der Waals surface area (Å²) in [6, 6.07) is 8.46. The second-order valence-corrected chi connectivity index (χ2v) is 7.53. The molecule has 0 fully saturated rings. The van der Waals surface area contributed by atoms with Crippen molar-refractivity contribution in [2.45, 2.75) is 44.5 Å².